The molecule has 2 aromatic heterocycles. The van der Waals surface area contributed by atoms with Crippen LogP contribution in [-0.2, 0) is 17.6 Å². The van der Waals surface area contributed by atoms with Gasteiger partial charge in [0.15, 0.2) is 0 Å². The number of aryl methyl sites for hydroxylation is 3. The first-order valence-electron chi connectivity index (χ1n) is 11.2. The third kappa shape index (κ3) is 4.65. The van der Waals surface area contributed by atoms with Crippen LogP contribution >= 0.6 is 23.1 Å². The van der Waals surface area contributed by atoms with Gasteiger partial charge in [-0.05, 0) is 61.1 Å². The van der Waals surface area contributed by atoms with Crippen molar-refractivity contribution in [1.82, 2.24) is 9.97 Å². The number of aromatic nitrogens is 2. The maximum atomic E-state index is 13.0. The standard InChI is InChI=1S/C25H31N3OS2/c1-14(2)17-10-8-11-18(15(3)4)23(17)28-21(29)13-30-24-22-19-9-6-7-12-20(19)31-25(22)27-16(5)26-24/h8,10-11,14-15H,6-7,9,12-13H2,1-5H3,(H,28,29). The van der Waals surface area contributed by atoms with Crippen molar-refractivity contribution < 1.29 is 4.79 Å². The number of amides is 1. The summed E-state index contributed by atoms with van der Waals surface area (Å²) in [7, 11) is 0. The van der Waals surface area contributed by atoms with Gasteiger partial charge in [0.2, 0.25) is 5.91 Å². The van der Waals surface area contributed by atoms with Gasteiger partial charge < -0.3 is 5.32 Å². The summed E-state index contributed by atoms with van der Waals surface area (Å²) >= 11 is 3.35. The first-order valence-corrected chi connectivity index (χ1v) is 13.0. The van der Waals surface area contributed by atoms with E-state index in [2.05, 4.69) is 51.2 Å². The van der Waals surface area contributed by atoms with E-state index in [0.717, 1.165) is 34.2 Å². The van der Waals surface area contributed by atoms with Crippen LogP contribution in [0.1, 0.15) is 79.8 Å². The first-order chi connectivity index (χ1) is 14.8. The Morgan fingerprint density at radius 2 is 1.77 bits per heavy atom. The van der Waals surface area contributed by atoms with Gasteiger partial charge in [0.25, 0.3) is 0 Å². The highest BCUT2D eigenvalue weighted by molar-refractivity contribution is 8.00. The number of nitrogens with zero attached hydrogens (tertiary/aromatic N) is 2. The molecule has 2 heterocycles. The molecule has 0 fully saturated rings. The number of nitrogens with one attached hydrogen (secondary N) is 1. The number of thiophene rings is 1. The number of carbonyl (C=O) groups excluding carboxylic acids is 1. The summed E-state index contributed by atoms with van der Waals surface area (Å²) in [6.07, 6.45) is 4.72. The molecule has 31 heavy (non-hydrogen) atoms. The number of thioether (sulfide) groups is 1. The lowest BCUT2D eigenvalue weighted by Crippen LogP contribution is -2.17. The quantitative estimate of drug-likeness (QED) is 0.327. The molecule has 0 atom stereocenters. The maximum absolute atomic E-state index is 13.0. The fraction of sp³-hybridized carbons (Fsp3) is 0.480. The minimum Gasteiger partial charge on any atom is -0.325 e. The lowest BCUT2D eigenvalue weighted by atomic mass is 9.92. The Bertz CT molecular complexity index is 1090. The third-order valence-electron chi connectivity index (χ3n) is 5.87. The average molecular weight is 454 g/mol. The second-order valence-electron chi connectivity index (χ2n) is 8.92. The Balaban J connectivity index is 1.58. The predicted molar refractivity (Wildman–Crippen MR) is 133 cm³/mol. The Labute approximate surface area is 193 Å². The van der Waals surface area contributed by atoms with Gasteiger partial charge in [-0.2, -0.15) is 0 Å². The normalized spacial score (nSPS) is 13.8. The van der Waals surface area contributed by atoms with Crippen molar-refractivity contribution in [2.75, 3.05) is 11.1 Å². The molecule has 1 aliphatic rings. The topological polar surface area (TPSA) is 54.9 Å². The van der Waals surface area contributed by atoms with Crippen molar-refractivity contribution >= 4 is 44.9 Å². The molecule has 1 aromatic carbocycles. The summed E-state index contributed by atoms with van der Waals surface area (Å²) in [5, 5.41) is 5.38. The van der Waals surface area contributed by atoms with Crippen molar-refractivity contribution in [3.8, 4) is 0 Å². The predicted octanol–water partition coefficient (Wildman–Crippen LogP) is 6.86. The van der Waals surface area contributed by atoms with Gasteiger partial charge in [-0.1, -0.05) is 57.7 Å². The Kier molecular flexibility index (Phi) is 6.68. The van der Waals surface area contributed by atoms with E-state index >= 15 is 0 Å². The van der Waals surface area contributed by atoms with E-state index in [9.17, 15) is 4.79 Å². The van der Waals surface area contributed by atoms with Gasteiger partial charge in [0, 0.05) is 16.0 Å². The van der Waals surface area contributed by atoms with Crippen molar-refractivity contribution in [2.45, 2.75) is 77.2 Å². The van der Waals surface area contributed by atoms with E-state index < -0.39 is 0 Å². The highest BCUT2D eigenvalue weighted by Gasteiger charge is 2.22. The van der Waals surface area contributed by atoms with Gasteiger partial charge in [-0.3, -0.25) is 4.79 Å². The SMILES string of the molecule is Cc1nc(SCC(=O)Nc2c(C(C)C)cccc2C(C)C)c2c3c(sc2n1)CCCC3. The minimum atomic E-state index is 0.0218. The van der Waals surface area contributed by atoms with E-state index in [1.54, 1.807) is 11.8 Å². The van der Waals surface area contributed by atoms with Crippen LogP contribution in [0.15, 0.2) is 23.2 Å². The van der Waals surface area contributed by atoms with Crippen LogP contribution in [-0.4, -0.2) is 21.6 Å². The fourth-order valence-electron chi connectivity index (χ4n) is 4.33. The summed E-state index contributed by atoms with van der Waals surface area (Å²) < 4.78 is 0. The molecule has 1 N–H and O–H groups in total. The number of fused-ring (bicyclic) bond motifs is 3. The molecule has 0 saturated heterocycles. The van der Waals surface area contributed by atoms with E-state index in [-0.39, 0.29) is 5.91 Å². The second kappa shape index (κ2) is 9.29. The molecule has 0 bridgehead atoms. The molecule has 0 aliphatic heterocycles. The number of para-hydroxylation sites is 1. The fourth-order valence-corrected chi connectivity index (χ4v) is 6.61. The second-order valence-corrected chi connectivity index (χ2v) is 11.0. The largest absolute Gasteiger partial charge is 0.325 e. The Morgan fingerprint density at radius 3 is 2.45 bits per heavy atom. The van der Waals surface area contributed by atoms with Gasteiger partial charge in [-0.25, -0.2) is 9.97 Å². The van der Waals surface area contributed by atoms with Crippen LogP contribution in [0.3, 0.4) is 0 Å². The number of carbonyl (C=O) groups is 1. The lowest BCUT2D eigenvalue weighted by Gasteiger charge is -2.20. The number of anilines is 1. The van der Waals surface area contributed by atoms with Gasteiger partial charge in [0.05, 0.1) is 5.75 Å². The molecule has 4 nitrogen and oxygen atoms in total. The zero-order valence-corrected chi connectivity index (χ0v) is 20.7. The van der Waals surface area contributed by atoms with Gasteiger partial charge in [0.1, 0.15) is 15.7 Å². The first kappa shape index (κ1) is 22.3. The van der Waals surface area contributed by atoms with Gasteiger partial charge >= 0.3 is 0 Å². The van der Waals surface area contributed by atoms with Crippen molar-refractivity contribution in [3.05, 3.63) is 45.6 Å². The van der Waals surface area contributed by atoms with E-state index in [1.165, 1.54) is 39.8 Å². The zero-order valence-electron chi connectivity index (χ0n) is 19.0. The van der Waals surface area contributed by atoms with Gasteiger partial charge in [-0.15, -0.1) is 11.3 Å². The molecule has 0 saturated carbocycles. The molecule has 0 radical (unpaired) electrons. The Morgan fingerprint density at radius 1 is 1.10 bits per heavy atom. The van der Waals surface area contributed by atoms with Crippen LogP contribution in [0.5, 0.6) is 0 Å². The molecule has 0 unspecified atom stereocenters. The smallest absolute Gasteiger partial charge is 0.234 e. The Hall–Kier alpha value is -1.92. The molecule has 4 rings (SSSR count). The number of hydrogen-bond donors (Lipinski definition) is 1. The summed E-state index contributed by atoms with van der Waals surface area (Å²) in [4.78, 5) is 25.0. The molecule has 0 spiro atoms. The number of rotatable bonds is 6. The lowest BCUT2D eigenvalue weighted by molar-refractivity contribution is -0.113. The van der Waals surface area contributed by atoms with E-state index in [4.69, 9.17) is 9.97 Å². The highest BCUT2D eigenvalue weighted by atomic mass is 32.2. The maximum Gasteiger partial charge on any atom is 0.234 e. The van der Waals surface area contributed by atoms with Crippen molar-refractivity contribution in [2.24, 2.45) is 0 Å². The summed E-state index contributed by atoms with van der Waals surface area (Å²) in [6.45, 7) is 10.6. The molecule has 164 valence electrons. The molecule has 6 heteroatoms. The molecular formula is C25H31N3OS2. The zero-order chi connectivity index (χ0) is 22.1. The summed E-state index contributed by atoms with van der Waals surface area (Å²) in [5.41, 5.74) is 4.78. The van der Waals surface area contributed by atoms with Crippen molar-refractivity contribution in [1.29, 1.82) is 0 Å². The van der Waals surface area contributed by atoms with E-state index in [1.807, 2.05) is 18.3 Å². The highest BCUT2D eigenvalue weighted by Crippen LogP contribution is 2.40. The molecule has 1 aliphatic carbocycles. The van der Waals surface area contributed by atoms with Crippen LogP contribution in [0.25, 0.3) is 10.2 Å². The number of benzene rings is 1. The van der Waals surface area contributed by atoms with E-state index in [0.29, 0.717) is 17.6 Å². The minimum absolute atomic E-state index is 0.0218. The average Bonchev–Trinajstić information content (AvgIpc) is 3.09. The molecule has 1 amide bonds. The van der Waals surface area contributed by atoms with Crippen molar-refractivity contribution in [3.63, 3.8) is 0 Å². The van der Waals surface area contributed by atoms with Crippen LogP contribution in [0.2, 0.25) is 0 Å². The van der Waals surface area contributed by atoms with Crippen LogP contribution in [0, 0.1) is 6.92 Å². The van der Waals surface area contributed by atoms with Crippen LogP contribution in [0.4, 0.5) is 5.69 Å². The van der Waals surface area contributed by atoms with Crippen LogP contribution < -0.4 is 5.32 Å². The summed E-state index contributed by atoms with van der Waals surface area (Å²) in [6, 6.07) is 6.33. The number of hydrogen-bond acceptors (Lipinski definition) is 5. The molecular weight excluding hydrogens is 422 g/mol. The summed E-state index contributed by atoms with van der Waals surface area (Å²) in [5.74, 6) is 1.85. The molecule has 3 aromatic rings. The third-order valence-corrected chi connectivity index (χ3v) is 8.03. The monoisotopic (exact) mass is 453 g/mol.